The fourth-order valence-electron chi connectivity index (χ4n) is 2.26. The average Bonchev–Trinajstić information content (AvgIpc) is 2.51. The average molecular weight is 304 g/mol. The van der Waals surface area contributed by atoms with Crippen LogP contribution in [0.2, 0.25) is 5.02 Å². The smallest absolute Gasteiger partial charge is 0.142 e. The molecule has 0 spiro atoms. The normalized spacial score (nSPS) is 12.0. The van der Waals surface area contributed by atoms with Crippen LogP contribution in [0.5, 0.6) is 5.75 Å². The lowest BCUT2D eigenvalue weighted by Gasteiger charge is -2.21. The lowest BCUT2D eigenvalue weighted by atomic mass is 10.0. The number of rotatable bonds is 7. The maximum Gasteiger partial charge on any atom is 0.142 e. The molecule has 0 saturated heterocycles. The third-order valence-electron chi connectivity index (χ3n) is 3.34. The van der Waals surface area contributed by atoms with E-state index in [4.69, 9.17) is 16.3 Å². The molecule has 0 bridgehead atoms. The van der Waals surface area contributed by atoms with E-state index in [2.05, 4.69) is 31.3 Å². The summed E-state index contributed by atoms with van der Waals surface area (Å²) in [5, 5.41) is 4.33. The fraction of sp³-hybridized carbons (Fsp3) is 0.333. The Labute approximate surface area is 132 Å². The SMILES string of the molecule is CCCOc1ccccc1NC(CC)c1cccc(Cl)c1. The van der Waals surface area contributed by atoms with Crippen LogP contribution in [-0.4, -0.2) is 6.61 Å². The van der Waals surface area contributed by atoms with Gasteiger partial charge in [-0.1, -0.05) is 49.7 Å². The van der Waals surface area contributed by atoms with E-state index < -0.39 is 0 Å². The fourth-order valence-corrected chi connectivity index (χ4v) is 2.45. The van der Waals surface area contributed by atoms with Crippen molar-refractivity contribution < 1.29 is 4.74 Å². The Morgan fingerprint density at radius 3 is 2.62 bits per heavy atom. The minimum atomic E-state index is 0.218. The van der Waals surface area contributed by atoms with Gasteiger partial charge >= 0.3 is 0 Å². The summed E-state index contributed by atoms with van der Waals surface area (Å²) in [6, 6.07) is 16.3. The van der Waals surface area contributed by atoms with Crippen LogP contribution in [0, 0.1) is 0 Å². The number of ether oxygens (including phenoxy) is 1. The van der Waals surface area contributed by atoms with Crippen LogP contribution in [0.25, 0.3) is 0 Å². The van der Waals surface area contributed by atoms with Crippen molar-refractivity contribution in [3.05, 3.63) is 59.1 Å². The first kappa shape index (κ1) is 15.7. The summed E-state index contributed by atoms with van der Waals surface area (Å²) in [5.74, 6) is 0.903. The van der Waals surface area contributed by atoms with Gasteiger partial charge in [-0.25, -0.2) is 0 Å². The van der Waals surface area contributed by atoms with Crippen LogP contribution in [0.1, 0.15) is 38.3 Å². The highest BCUT2D eigenvalue weighted by atomic mass is 35.5. The molecule has 0 aromatic heterocycles. The summed E-state index contributed by atoms with van der Waals surface area (Å²) in [6.07, 6.45) is 1.97. The first-order chi connectivity index (χ1) is 10.2. The van der Waals surface area contributed by atoms with Crippen molar-refractivity contribution in [2.45, 2.75) is 32.7 Å². The molecule has 2 aromatic rings. The molecular formula is C18H22ClNO. The van der Waals surface area contributed by atoms with Crippen LogP contribution in [0.15, 0.2) is 48.5 Å². The van der Waals surface area contributed by atoms with Crippen LogP contribution >= 0.6 is 11.6 Å². The summed E-state index contributed by atoms with van der Waals surface area (Å²) >= 11 is 6.10. The maximum atomic E-state index is 6.10. The predicted molar refractivity (Wildman–Crippen MR) is 90.3 cm³/mol. The quantitative estimate of drug-likeness (QED) is 0.709. The standard InChI is InChI=1S/C18H22ClNO/c1-3-12-21-18-11-6-5-10-17(18)20-16(4-2)14-8-7-9-15(19)13-14/h5-11,13,16,20H,3-4,12H2,1-2H3. The number of hydrogen-bond acceptors (Lipinski definition) is 2. The highest BCUT2D eigenvalue weighted by molar-refractivity contribution is 6.30. The van der Waals surface area contributed by atoms with E-state index in [1.807, 2.05) is 36.4 Å². The minimum absolute atomic E-state index is 0.218. The van der Waals surface area contributed by atoms with Crippen molar-refractivity contribution in [2.75, 3.05) is 11.9 Å². The van der Waals surface area contributed by atoms with Crippen molar-refractivity contribution >= 4 is 17.3 Å². The number of para-hydroxylation sites is 2. The molecule has 0 heterocycles. The van der Waals surface area contributed by atoms with Gasteiger partial charge in [-0.3, -0.25) is 0 Å². The van der Waals surface area contributed by atoms with Gasteiger partial charge in [0, 0.05) is 5.02 Å². The van der Waals surface area contributed by atoms with Gasteiger partial charge in [0.1, 0.15) is 5.75 Å². The van der Waals surface area contributed by atoms with E-state index in [1.165, 1.54) is 5.56 Å². The van der Waals surface area contributed by atoms with Crippen LogP contribution < -0.4 is 10.1 Å². The van der Waals surface area contributed by atoms with Gasteiger partial charge in [0.2, 0.25) is 0 Å². The molecule has 112 valence electrons. The topological polar surface area (TPSA) is 21.3 Å². The summed E-state index contributed by atoms with van der Waals surface area (Å²) in [5.41, 5.74) is 2.22. The van der Waals surface area contributed by atoms with Crippen molar-refractivity contribution in [2.24, 2.45) is 0 Å². The van der Waals surface area contributed by atoms with Crippen molar-refractivity contribution in [3.8, 4) is 5.75 Å². The highest BCUT2D eigenvalue weighted by Crippen LogP contribution is 2.30. The second kappa shape index (κ2) is 7.94. The molecule has 2 aromatic carbocycles. The van der Waals surface area contributed by atoms with E-state index >= 15 is 0 Å². The summed E-state index contributed by atoms with van der Waals surface area (Å²) in [7, 11) is 0. The Kier molecular flexibility index (Phi) is 5.94. The second-order valence-corrected chi connectivity index (χ2v) is 5.44. The molecule has 2 nitrogen and oxygen atoms in total. The number of hydrogen-bond donors (Lipinski definition) is 1. The molecule has 0 radical (unpaired) electrons. The summed E-state index contributed by atoms with van der Waals surface area (Å²) < 4.78 is 5.80. The van der Waals surface area contributed by atoms with Gasteiger partial charge < -0.3 is 10.1 Å². The lowest BCUT2D eigenvalue weighted by Crippen LogP contribution is -2.11. The molecule has 0 amide bonds. The number of benzene rings is 2. The zero-order chi connectivity index (χ0) is 15.1. The van der Waals surface area contributed by atoms with Crippen LogP contribution in [0.3, 0.4) is 0 Å². The Morgan fingerprint density at radius 2 is 1.90 bits per heavy atom. The van der Waals surface area contributed by atoms with Gasteiger partial charge in [0.25, 0.3) is 0 Å². The zero-order valence-corrected chi connectivity index (χ0v) is 13.4. The zero-order valence-electron chi connectivity index (χ0n) is 12.6. The Bertz CT molecular complexity index is 571. The van der Waals surface area contributed by atoms with Gasteiger partial charge in [-0.2, -0.15) is 0 Å². The number of nitrogens with one attached hydrogen (secondary N) is 1. The highest BCUT2D eigenvalue weighted by Gasteiger charge is 2.12. The van der Waals surface area contributed by atoms with Gasteiger partial charge in [0.15, 0.2) is 0 Å². The van der Waals surface area contributed by atoms with E-state index in [-0.39, 0.29) is 6.04 Å². The minimum Gasteiger partial charge on any atom is -0.491 e. The van der Waals surface area contributed by atoms with Gasteiger partial charge in [0.05, 0.1) is 18.3 Å². The molecule has 0 aliphatic rings. The molecule has 0 aliphatic heterocycles. The van der Waals surface area contributed by atoms with Crippen molar-refractivity contribution in [3.63, 3.8) is 0 Å². The third kappa shape index (κ3) is 4.40. The monoisotopic (exact) mass is 303 g/mol. The van der Waals surface area contributed by atoms with E-state index in [9.17, 15) is 0 Å². The van der Waals surface area contributed by atoms with E-state index in [1.54, 1.807) is 0 Å². The van der Waals surface area contributed by atoms with E-state index in [0.29, 0.717) is 0 Å². The van der Waals surface area contributed by atoms with Crippen molar-refractivity contribution in [1.82, 2.24) is 0 Å². The molecule has 2 rings (SSSR count). The predicted octanol–water partition coefficient (Wildman–Crippen LogP) is 5.69. The molecular weight excluding hydrogens is 282 g/mol. The first-order valence-corrected chi connectivity index (χ1v) is 7.86. The third-order valence-corrected chi connectivity index (χ3v) is 3.57. The first-order valence-electron chi connectivity index (χ1n) is 7.48. The maximum absolute atomic E-state index is 6.10. The molecule has 1 atom stereocenters. The lowest BCUT2D eigenvalue weighted by molar-refractivity contribution is 0.318. The molecule has 1 N–H and O–H groups in total. The summed E-state index contributed by atoms with van der Waals surface area (Å²) in [4.78, 5) is 0. The molecule has 0 aliphatic carbocycles. The molecule has 1 unspecified atom stereocenters. The van der Waals surface area contributed by atoms with Crippen LogP contribution in [-0.2, 0) is 0 Å². The Morgan fingerprint density at radius 1 is 1.10 bits per heavy atom. The number of anilines is 1. The summed E-state index contributed by atoms with van der Waals surface area (Å²) in [6.45, 7) is 5.00. The van der Waals surface area contributed by atoms with Crippen molar-refractivity contribution in [1.29, 1.82) is 0 Å². The molecule has 0 fully saturated rings. The second-order valence-electron chi connectivity index (χ2n) is 5.00. The largest absolute Gasteiger partial charge is 0.491 e. The van der Waals surface area contributed by atoms with Gasteiger partial charge in [-0.05, 0) is 42.7 Å². The Hall–Kier alpha value is -1.67. The van der Waals surface area contributed by atoms with Crippen LogP contribution in [0.4, 0.5) is 5.69 Å². The van der Waals surface area contributed by atoms with E-state index in [0.717, 1.165) is 35.9 Å². The van der Waals surface area contributed by atoms with Gasteiger partial charge in [-0.15, -0.1) is 0 Å². The number of halogens is 1. The molecule has 3 heteroatoms. The molecule has 21 heavy (non-hydrogen) atoms. The Balaban J connectivity index is 2.18. The molecule has 0 saturated carbocycles.